The molecule has 1 aliphatic rings. The van der Waals surface area contributed by atoms with Gasteiger partial charge in [-0.15, -0.1) is 11.3 Å². The van der Waals surface area contributed by atoms with Crippen molar-refractivity contribution in [3.63, 3.8) is 0 Å². The van der Waals surface area contributed by atoms with E-state index in [1.54, 1.807) is 11.3 Å². The topological polar surface area (TPSA) is 12.0 Å². The molecule has 0 atom stereocenters. The molecule has 0 aliphatic carbocycles. The highest BCUT2D eigenvalue weighted by Crippen LogP contribution is 2.39. The summed E-state index contributed by atoms with van der Waals surface area (Å²) in [4.78, 5) is 1.34. The summed E-state index contributed by atoms with van der Waals surface area (Å²) < 4.78 is 1.20. The monoisotopic (exact) mass is 279 g/mol. The van der Waals surface area contributed by atoms with Crippen LogP contribution >= 0.6 is 27.3 Å². The Kier molecular flexibility index (Phi) is 2.29. The van der Waals surface area contributed by atoms with E-state index in [2.05, 4.69) is 50.9 Å². The third-order valence-electron chi connectivity index (χ3n) is 2.73. The zero-order valence-electron chi connectivity index (χ0n) is 8.09. The van der Waals surface area contributed by atoms with Gasteiger partial charge < -0.3 is 5.32 Å². The van der Waals surface area contributed by atoms with Crippen molar-refractivity contribution in [2.75, 3.05) is 11.9 Å². The van der Waals surface area contributed by atoms with Crippen LogP contribution < -0.4 is 5.32 Å². The molecule has 1 nitrogen and oxygen atoms in total. The number of benzene rings is 1. The molecule has 3 rings (SSSR count). The van der Waals surface area contributed by atoms with Gasteiger partial charge in [0, 0.05) is 21.6 Å². The van der Waals surface area contributed by atoms with E-state index in [4.69, 9.17) is 0 Å². The van der Waals surface area contributed by atoms with Crippen LogP contribution in [0.25, 0.3) is 10.4 Å². The van der Waals surface area contributed by atoms with Crippen molar-refractivity contribution in [3.05, 3.63) is 39.7 Å². The Morgan fingerprint density at radius 3 is 3.00 bits per heavy atom. The predicted octanol–water partition coefficient (Wildman–Crippen LogP) is 4.15. The first-order valence-electron chi connectivity index (χ1n) is 4.95. The van der Waals surface area contributed by atoms with E-state index >= 15 is 0 Å². The van der Waals surface area contributed by atoms with Crippen LogP contribution in [0.15, 0.2) is 34.1 Å². The Labute approximate surface area is 101 Å². The summed E-state index contributed by atoms with van der Waals surface area (Å²) in [6.07, 6.45) is 1.13. The van der Waals surface area contributed by atoms with Gasteiger partial charge in [0.2, 0.25) is 0 Å². The number of fused-ring (bicyclic) bond motifs is 1. The molecule has 0 saturated heterocycles. The maximum Gasteiger partial charge on any atom is 0.0488 e. The van der Waals surface area contributed by atoms with E-state index in [0.29, 0.717) is 0 Å². The molecule has 15 heavy (non-hydrogen) atoms. The molecular formula is C12H10BrNS. The van der Waals surface area contributed by atoms with Crippen LogP contribution in [0.3, 0.4) is 0 Å². The number of nitrogens with one attached hydrogen (secondary N) is 1. The molecule has 1 aromatic heterocycles. The van der Waals surface area contributed by atoms with Gasteiger partial charge in [0.15, 0.2) is 0 Å². The lowest BCUT2D eigenvalue weighted by atomic mass is 10.0. The first-order chi connectivity index (χ1) is 7.36. The van der Waals surface area contributed by atoms with E-state index < -0.39 is 0 Å². The molecular weight excluding hydrogens is 270 g/mol. The maximum atomic E-state index is 3.60. The number of hydrogen-bond acceptors (Lipinski definition) is 2. The number of halogens is 1. The zero-order chi connectivity index (χ0) is 10.3. The second kappa shape index (κ2) is 3.65. The lowest BCUT2D eigenvalue weighted by molar-refractivity contribution is 1.11. The molecule has 3 heteroatoms. The van der Waals surface area contributed by atoms with Gasteiger partial charge >= 0.3 is 0 Å². The molecule has 1 aliphatic heterocycles. The van der Waals surface area contributed by atoms with Crippen LogP contribution in [-0.4, -0.2) is 6.54 Å². The first kappa shape index (κ1) is 9.43. The molecule has 1 aromatic carbocycles. The third-order valence-corrected chi connectivity index (χ3v) is 4.60. The Morgan fingerprint density at radius 2 is 2.20 bits per heavy atom. The predicted molar refractivity (Wildman–Crippen MR) is 69.6 cm³/mol. The van der Waals surface area contributed by atoms with Crippen molar-refractivity contribution in [2.45, 2.75) is 6.42 Å². The van der Waals surface area contributed by atoms with E-state index in [1.807, 2.05) is 0 Å². The van der Waals surface area contributed by atoms with Crippen LogP contribution in [0.2, 0.25) is 0 Å². The summed E-state index contributed by atoms with van der Waals surface area (Å²) >= 11 is 5.40. The van der Waals surface area contributed by atoms with Crippen LogP contribution in [0, 0.1) is 0 Å². The second-order valence-electron chi connectivity index (χ2n) is 3.61. The number of thiophene rings is 1. The van der Waals surface area contributed by atoms with Crippen LogP contribution in [0.5, 0.6) is 0 Å². The van der Waals surface area contributed by atoms with E-state index in [0.717, 1.165) is 13.0 Å². The van der Waals surface area contributed by atoms with Crippen LogP contribution in [-0.2, 0) is 6.42 Å². The van der Waals surface area contributed by atoms with Gasteiger partial charge in [-0.3, -0.25) is 0 Å². The first-order valence-corrected chi connectivity index (χ1v) is 6.62. The largest absolute Gasteiger partial charge is 0.384 e. The summed E-state index contributed by atoms with van der Waals surface area (Å²) in [5.74, 6) is 0. The molecule has 0 fully saturated rings. The molecule has 0 bridgehead atoms. The minimum atomic E-state index is 1.06. The van der Waals surface area contributed by atoms with Crippen LogP contribution in [0.1, 0.15) is 5.56 Å². The normalized spacial score (nSPS) is 13.7. The van der Waals surface area contributed by atoms with E-state index in [1.165, 1.54) is 26.2 Å². The van der Waals surface area contributed by atoms with Gasteiger partial charge in [0.25, 0.3) is 0 Å². The fourth-order valence-corrected chi connectivity index (χ4v) is 3.68. The quantitative estimate of drug-likeness (QED) is 0.827. The summed E-state index contributed by atoms with van der Waals surface area (Å²) in [6, 6.07) is 8.61. The highest BCUT2D eigenvalue weighted by Gasteiger charge is 2.16. The molecule has 2 aromatic rings. The van der Waals surface area contributed by atoms with Gasteiger partial charge in [-0.2, -0.15) is 0 Å². The fraction of sp³-hybridized carbons (Fsp3) is 0.167. The van der Waals surface area contributed by atoms with Crippen LogP contribution in [0.4, 0.5) is 5.69 Å². The zero-order valence-corrected chi connectivity index (χ0v) is 10.5. The number of hydrogen-bond donors (Lipinski definition) is 1. The van der Waals surface area contributed by atoms with Gasteiger partial charge in [0.05, 0.1) is 0 Å². The van der Waals surface area contributed by atoms with Gasteiger partial charge in [-0.25, -0.2) is 0 Å². The highest BCUT2D eigenvalue weighted by molar-refractivity contribution is 9.10. The van der Waals surface area contributed by atoms with Crippen molar-refractivity contribution in [1.82, 2.24) is 0 Å². The lowest BCUT2D eigenvalue weighted by Gasteiger charge is -2.06. The summed E-state index contributed by atoms with van der Waals surface area (Å²) in [7, 11) is 0. The molecule has 0 saturated carbocycles. The minimum Gasteiger partial charge on any atom is -0.384 e. The Balaban J connectivity index is 2.21. The van der Waals surface area contributed by atoms with Crippen molar-refractivity contribution in [2.24, 2.45) is 0 Å². The molecule has 1 N–H and O–H groups in total. The average Bonchev–Trinajstić information content (AvgIpc) is 2.85. The summed E-state index contributed by atoms with van der Waals surface area (Å²) in [5, 5.41) is 5.54. The fourth-order valence-electron chi connectivity index (χ4n) is 2.04. The smallest absolute Gasteiger partial charge is 0.0488 e. The molecule has 2 heterocycles. The standard InChI is InChI=1S/C12H10BrNS/c13-10-5-7-15-12(10)9-2-1-3-11-8(9)4-6-14-11/h1-3,5,7,14H,4,6H2. The second-order valence-corrected chi connectivity index (χ2v) is 5.38. The Bertz CT molecular complexity index is 504. The number of anilines is 1. The minimum absolute atomic E-state index is 1.06. The molecule has 0 amide bonds. The Hall–Kier alpha value is -0.800. The van der Waals surface area contributed by atoms with Crippen molar-refractivity contribution < 1.29 is 0 Å². The molecule has 0 spiro atoms. The van der Waals surface area contributed by atoms with Crippen molar-refractivity contribution >= 4 is 33.0 Å². The van der Waals surface area contributed by atoms with Crippen molar-refractivity contribution in [3.8, 4) is 10.4 Å². The average molecular weight is 280 g/mol. The van der Waals surface area contributed by atoms with Gasteiger partial charge in [-0.05, 0) is 51.0 Å². The maximum absolute atomic E-state index is 3.60. The lowest BCUT2D eigenvalue weighted by Crippen LogP contribution is -1.90. The Morgan fingerprint density at radius 1 is 1.27 bits per heavy atom. The third kappa shape index (κ3) is 1.50. The summed E-state index contributed by atoms with van der Waals surface area (Å²) in [6.45, 7) is 1.06. The van der Waals surface area contributed by atoms with E-state index in [-0.39, 0.29) is 0 Å². The molecule has 76 valence electrons. The van der Waals surface area contributed by atoms with E-state index in [9.17, 15) is 0 Å². The SMILES string of the molecule is Brc1ccsc1-c1cccc2c1CCN2. The summed E-state index contributed by atoms with van der Waals surface area (Å²) in [5.41, 5.74) is 4.13. The highest BCUT2D eigenvalue weighted by atomic mass is 79.9. The molecule has 0 radical (unpaired) electrons. The number of rotatable bonds is 1. The van der Waals surface area contributed by atoms with Gasteiger partial charge in [-0.1, -0.05) is 12.1 Å². The van der Waals surface area contributed by atoms with Gasteiger partial charge in [0.1, 0.15) is 0 Å². The van der Waals surface area contributed by atoms with Crippen molar-refractivity contribution in [1.29, 1.82) is 0 Å². The molecule has 0 unspecified atom stereocenters.